The van der Waals surface area contributed by atoms with Crippen molar-refractivity contribution in [2.75, 3.05) is 19.6 Å². The lowest BCUT2D eigenvalue weighted by Crippen LogP contribution is -2.36. The first-order valence-corrected chi connectivity index (χ1v) is 9.56. The summed E-state index contributed by atoms with van der Waals surface area (Å²) in [5, 5.41) is 16.4. The van der Waals surface area contributed by atoms with E-state index in [1.54, 1.807) is 0 Å². The van der Waals surface area contributed by atoms with Crippen LogP contribution in [0.25, 0.3) is 0 Å². The number of hydroxylamine groups is 1. The molecule has 1 fully saturated rings. The largest absolute Gasteiger partial charge is 0.303 e. The molecule has 0 aliphatic carbocycles. The summed E-state index contributed by atoms with van der Waals surface area (Å²) in [6.45, 7) is 3.26. The molecule has 1 aliphatic heterocycles. The van der Waals surface area contributed by atoms with Gasteiger partial charge in [-0.3, -0.25) is 16.1 Å². The monoisotopic (exact) mass is 351 g/mol. The summed E-state index contributed by atoms with van der Waals surface area (Å²) in [4.78, 5) is 2.55. The summed E-state index contributed by atoms with van der Waals surface area (Å²) in [5.74, 6) is 1.18. The quantitative estimate of drug-likeness (QED) is 0.397. The lowest BCUT2D eigenvalue weighted by atomic mass is 9.87. The molecule has 4 nitrogen and oxygen atoms in total. The van der Waals surface area contributed by atoms with Crippen LogP contribution in [-0.4, -0.2) is 35.6 Å². The van der Waals surface area contributed by atoms with Gasteiger partial charge in [0.05, 0.1) is 0 Å². The Morgan fingerprint density at radius 1 is 1.00 bits per heavy atom. The second-order valence-corrected chi connectivity index (χ2v) is 7.24. The molecule has 138 valence electrons. The zero-order valence-corrected chi connectivity index (χ0v) is 15.3. The minimum atomic E-state index is 0.233. The molecular weight excluding hydrogens is 322 g/mol. The molecule has 0 radical (unpaired) electrons. The molecule has 3 N–H and O–H groups in total. The predicted molar refractivity (Wildman–Crippen MR) is 106 cm³/mol. The van der Waals surface area contributed by atoms with Crippen LogP contribution in [0.3, 0.4) is 0 Å². The molecule has 3 rings (SSSR count). The van der Waals surface area contributed by atoms with Gasteiger partial charge in [-0.1, -0.05) is 60.7 Å². The number of piperidine rings is 1. The van der Waals surface area contributed by atoms with Gasteiger partial charge in [0.2, 0.25) is 0 Å². The summed E-state index contributed by atoms with van der Waals surface area (Å²) in [5.41, 5.74) is 4.74. The van der Waals surface area contributed by atoms with E-state index in [0.717, 1.165) is 38.9 Å². The van der Waals surface area contributed by atoms with Gasteiger partial charge in [0.15, 0.2) is 0 Å². The molecule has 1 heterocycles. The van der Waals surface area contributed by atoms with Gasteiger partial charge in [0.1, 0.15) is 5.84 Å². The fraction of sp³-hybridized carbons (Fsp3) is 0.409. The minimum Gasteiger partial charge on any atom is -0.303 e. The van der Waals surface area contributed by atoms with Crippen LogP contribution < -0.4 is 5.48 Å². The summed E-state index contributed by atoms with van der Waals surface area (Å²) < 4.78 is 0. The number of rotatable bonds is 7. The maximum atomic E-state index is 8.79. The molecule has 1 saturated heterocycles. The van der Waals surface area contributed by atoms with Gasteiger partial charge in [-0.05, 0) is 55.9 Å². The number of benzene rings is 2. The molecule has 2 aromatic rings. The molecule has 0 bridgehead atoms. The fourth-order valence-corrected chi connectivity index (χ4v) is 3.96. The third-order valence-corrected chi connectivity index (χ3v) is 5.47. The van der Waals surface area contributed by atoms with E-state index in [4.69, 9.17) is 10.6 Å². The van der Waals surface area contributed by atoms with Crippen LogP contribution in [0.5, 0.6) is 0 Å². The second kappa shape index (κ2) is 9.51. The molecule has 1 aliphatic rings. The van der Waals surface area contributed by atoms with Gasteiger partial charge < -0.3 is 4.90 Å². The lowest BCUT2D eigenvalue weighted by molar-refractivity contribution is 0.178. The molecule has 0 aromatic heterocycles. The number of nitrogens with zero attached hydrogens (tertiary/aromatic N) is 1. The van der Waals surface area contributed by atoms with E-state index in [-0.39, 0.29) is 5.84 Å². The molecule has 0 amide bonds. The van der Waals surface area contributed by atoms with E-state index in [1.165, 1.54) is 11.1 Å². The number of nitrogens with one attached hydrogen (secondary N) is 2. The first-order valence-electron chi connectivity index (χ1n) is 9.56. The second-order valence-electron chi connectivity index (χ2n) is 7.24. The average molecular weight is 351 g/mol. The molecule has 2 aromatic carbocycles. The van der Waals surface area contributed by atoms with Crippen molar-refractivity contribution in [2.24, 2.45) is 5.92 Å². The van der Waals surface area contributed by atoms with Crippen molar-refractivity contribution in [3.63, 3.8) is 0 Å². The van der Waals surface area contributed by atoms with Crippen LogP contribution in [0.1, 0.15) is 42.7 Å². The first-order chi connectivity index (χ1) is 12.8. The zero-order valence-electron chi connectivity index (χ0n) is 15.3. The Morgan fingerprint density at radius 2 is 1.54 bits per heavy atom. The molecule has 0 saturated carbocycles. The normalized spacial score (nSPS) is 15.9. The SMILES string of the molecule is N=C(CC1CCN(CCC(c2ccccc2)c2ccccc2)CC1)NO. The minimum absolute atomic E-state index is 0.233. The van der Waals surface area contributed by atoms with Gasteiger partial charge in [-0.25, -0.2) is 0 Å². The van der Waals surface area contributed by atoms with Crippen molar-refractivity contribution in [3.8, 4) is 0 Å². The average Bonchev–Trinajstić information content (AvgIpc) is 2.71. The Balaban J connectivity index is 1.57. The number of hydrogen-bond acceptors (Lipinski definition) is 3. The molecule has 4 heteroatoms. The van der Waals surface area contributed by atoms with Crippen LogP contribution >= 0.6 is 0 Å². The molecule has 0 unspecified atom stereocenters. The highest BCUT2D eigenvalue weighted by molar-refractivity contribution is 5.77. The number of likely N-dealkylation sites (tertiary alicyclic amines) is 1. The molecule has 26 heavy (non-hydrogen) atoms. The van der Waals surface area contributed by atoms with Gasteiger partial charge in [-0.15, -0.1) is 0 Å². The summed E-state index contributed by atoms with van der Waals surface area (Å²) in [6.07, 6.45) is 3.98. The Morgan fingerprint density at radius 3 is 2.04 bits per heavy atom. The van der Waals surface area contributed by atoms with E-state index in [2.05, 4.69) is 65.6 Å². The van der Waals surface area contributed by atoms with Crippen molar-refractivity contribution >= 4 is 5.84 Å². The summed E-state index contributed by atoms with van der Waals surface area (Å²) in [6, 6.07) is 21.6. The highest BCUT2D eigenvalue weighted by atomic mass is 16.5. The van der Waals surface area contributed by atoms with Crippen molar-refractivity contribution in [3.05, 3.63) is 71.8 Å². The molecule has 0 atom stereocenters. The Hall–Kier alpha value is -2.17. The third-order valence-electron chi connectivity index (χ3n) is 5.47. The van der Waals surface area contributed by atoms with E-state index in [9.17, 15) is 0 Å². The van der Waals surface area contributed by atoms with Gasteiger partial charge >= 0.3 is 0 Å². The fourth-order valence-electron chi connectivity index (χ4n) is 3.96. The maximum absolute atomic E-state index is 8.79. The van der Waals surface area contributed by atoms with Crippen LogP contribution in [-0.2, 0) is 0 Å². The van der Waals surface area contributed by atoms with Gasteiger partial charge in [0.25, 0.3) is 0 Å². The van der Waals surface area contributed by atoms with Crippen molar-refractivity contribution in [2.45, 2.75) is 31.6 Å². The topological polar surface area (TPSA) is 59.4 Å². The van der Waals surface area contributed by atoms with Crippen molar-refractivity contribution in [1.29, 1.82) is 5.41 Å². The first kappa shape index (κ1) is 18.6. The predicted octanol–water partition coefficient (Wildman–Crippen LogP) is 4.27. The van der Waals surface area contributed by atoms with Crippen LogP contribution in [0.15, 0.2) is 60.7 Å². The third kappa shape index (κ3) is 5.16. The van der Waals surface area contributed by atoms with E-state index in [0.29, 0.717) is 18.3 Å². The van der Waals surface area contributed by atoms with Crippen molar-refractivity contribution < 1.29 is 5.21 Å². The van der Waals surface area contributed by atoms with E-state index in [1.807, 2.05) is 5.48 Å². The Kier molecular flexibility index (Phi) is 6.81. The number of hydrogen-bond donors (Lipinski definition) is 3. The summed E-state index contributed by atoms with van der Waals surface area (Å²) in [7, 11) is 0. The molecule has 0 spiro atoms. The van der Waals surface area contributed by atoms with Crippen LogP contribution in [0, 0.1) is 11.3 Å². The summed E-state index contributed by atoms with van der Waals surface area (Å²) >= 11 is 0. The van der Waals surface area contributed by atoms with E-state index >= 15 is 0 Å². The lowest BCUT2D eigenvalue weighted by Gasteiger charge is -2.33. The van der Waals surface area contributed by atoms with Crippen molar-refractivity contribution in [1.82, 2.24) is 10.4 Å². The van der Waals surface area contributed by atoms with E-state index < -0.39 is 0 Å². The zero-order chi connectivity index (χ0) is 18.2. The van der Waals surface area contributed by atoms with Gasteiger partial charge in [0, 0.05) is 12.3 Å². The van der Waals surface area contributed by atoms with Gasteiger partial charge in [-0.2, -0.15) is 0 Å². The molecular formula is C22H29N3O. The van der Waals surface area contributed by atoms with Crippen LogP contribution in [0.2, 0.25) is 0 Å². The number of amidine groups is 1. The Bertz CT molecular complexity index is 627. The Labute approximate surface area is 156 Å². The standard InChI is InChI=1S/C22H29N3O/c23-22(24-26)17-18-11-14-25(15-12-18)16-13-21(19-7-3-1-4-8-19)20-9-5-2-6-10-20/h1-10,18,21,26H,11-17H2,(H2,23,24). The highest BCUT2D eigenvalue weighted by Crippen LogP contribution is 2.29. The van der Waals surface area contributed by atoms with Crippen LogP contribution in [0.4, 0.5) is 0 Å². The maximum Gasteiger partial charge on any atom is 0.118 e. The highest BCUT2D eigenvalue weighted by Gasteiger charge is 2.22. The smallest absolute Gasteiger partial charge is 0.118 e.